The molecule has 0 aliphatic rings. The van der Waals surface area contributed by atoms with Crippen molar-refractivity contribution in [3.63, 3.8) is 0 Å². The topological polar surface area (TPSA) is 140 Å². The minimum atomic E-state index is -1.01. The number of carboxylic acid groups (broad SMARTS) is 1. The second-order valence-electron chi connectivity index (χ2n) is 7.76. The minimum Gasteiger partial charge on any atom is -0.478 e. The number of rotatable bonds is 6. The van der Waals surface area contributed by atoms with E-state index in [4.69, 9.17) is 4.42 Å². The van der Waals surface area contributed by atoms with Gasteiger partial charge in [-0.1, -0.05) is 6.07 Å². The van der Waals surface area contributed by atoms with Gasteiger partial charge in [0.25, 0.3) is 5.69 Å². The van der Waals surface area contributed by atoms with Crippen molar-refractivity contribution in [3.8, 4) is 5.69 Å². The summed E-state index contributed by atoms with van der Waals surface area (Å²) in [6.07, 6.45) is 1.49. The lowest BCUT2D eigenvalue weighted by Crippen LogP contribution is -2.16. The van der Waals surface area contributed by atoms with E-state index in [1.54, 1.807) is 18.2 Å². The highest BCUT2D eigenvalue weighted by atomic mass is 16.6. The van der Waals surface area contributed by atoms with Crippen LogP contribution in [0.4, 0.5) is 5.69 Å². The Labute approximate surface area is 193 Å². The van der Waals surface area contributed by atoms with Crippen LogP contribution in [0.2, 0.25) is 0 Å². The number of furan rings is 1. The van der Waals surface area contributed by atoms with Gasteiger partial charge in [0.15, 0.2) is 5.76 Å². The van der Waals surface area contributed by atoms with Gasteiger partial charge in [-0.25, -0.2) is 10.2 Å². The summed E-state index contributed by atoms with van der Waals surface area (Å²) in [6, 6.07) is 12.3. The second-order valence-corrected chi connectivity index (χ2v) is 7.76. The first-order chi connectivity index (χ1) is 16.2. The van der Waals surface area contributed by atoms with Gasteiger partial charge in [0.2, 0.25) is 0 Å². The second kappa shape index (κ2) is 8.66. The number of nitrogens with zero attached hydrogens (tertiary/aromatic N) is 3. The molecule has 0 saturated heterocycles. The van der Waals surface area contributed by atoms with Gasteiger partial charge < -0.3 is 14.1 Å². The summed E-state index contributed by atoms with van der Waals surface area (Å²) in [5.74, 6) is -1.64. The number of carbonyl (C=O) groups is 2. The van der Waals surface area contributed by atoms with Crippen molar-refractivity contribution in [1.29, 1.82) is 0 Å². The zero-order valence-electron chi connectivity index (χ0n) is 18.5. The zero-order valence-corrected chi connectivity index (χ0v) is 18.5. The van der Waals surface area contributed by atoms with Gasteiger partial charge in [-0.3, -0.25) is 14.9 Å². The molecular formula is C24H20N4O6. The number of aromatic carboxylic acids is 1. The fourth-order valence-electron chi connectivity index (χ4n) is 3.74. The summed E-state index contributed by atoms with van der Waals surface area (Å²) >= 11 is 0. The highest BCUT2D eigenvalue weighted by Gasteiger charge is 2.16. The van der Waals surface area contributed by atoms with E-state index in [0.717, 1.165) is 28.2 Å². The fraction of sp³-hybridized carbons (Fsp3) is 0.125. The molecule has 2 heterocycles. The van der Waals surface area contributed by atoms with Gasteiger partial charge in [0.05, 0.1) is 16.7 Å². The molecular weight excluding hydrogens is 440 g/mol. The van der Waals surface area contributed by atoms with E-state index in [2.05, 4.69) is 10.5 Å². The summed E-state index contributed by atoms with van der Waals surface area (Å²) in [5, 5.41) is 24.7. The van der Waals surface area contributed by atoms with Crippen LogP contribution in [-0.2, 0) is 0 Å². The molecule has 1 amide bonds. The summed E-state index contributed by atoms with van der Waals surface area (Å²) in [7, 11) is 0. The van der Waals surface area contributed by atoms with E-state index in [-0.39, 0.29) is 17.0 Å². The molecule has 0 aliphatic carbocycles. The maximum Gasteiger partial charge on any atom is 0.335 e. The SMILES string of the molecule is Cc1ccc(C(=O)O)cc1-n1c(C)cc(/C=N/NC(=O)c2cc3cc([N+](=O)[O-])ccc3o2)c1C. The van der Waals surface area contributed by atoms with Crippen LogP contribution < -0.4 is 5.43 Å². The molecule has 0 bridgehead atoms. The number of benzene rings is 2. The number of carboxylic acids is 1. The van der Waals surface area contributed by atoms with Gasteiger partial charge >= 0.3 is 11.9 Å². The highest BCUT2D eigenvalue weighted by Crippen LogP contribution is 2.25. The number of hydrogen-bond donors (Lipinski definition) is 2. The first-order valence-corrected chi connectivity index (χ1v) is 10.2. The van der Waals surface area contributed by atoms with E-state index in [1.165, 1.54) is 30.5 Å². The van der Waals surface area contributed by atoms with Gasteiger partial charge in [0, 0.05) is 40.2 Å². The molecule has 0 spiro atoms. The van der Waals surface area contributed by atoms with E-state index >= 15 is 0 Å². The summed E-state index contributed by atoms with van der Waals surface area (Å²) < 4.78 is 7.38. The third-order valence-electron chi connectivity index (χ3n) is 5.47. The number of carbonyl (C=O) groups excluding carboxylic acids is 1. The van der Waals surface area contributed by atoms with E-state index in [1.807, 2.05) is 31.4 Å². The predicted molar refractivity (Wildman–Crippen MR) is 125 cm³/mol. The first kappa shape index (κ1) is 22.5. The monoisotopic (exact) mass is 460 g/mol. The van der Waals surface area contributed by atoms with Crippen LogP contribution in [0, 0.1) is 30.9 Å². The smallest absolute Gasteiger partial charge is 0.335 e. The molecule has 10 nitrogen and oxygen atoms in total. The Morgan fingerprint density at radius 2 is 1.88 bits per heavy atom. The number of fused-ring (bicyclic) bond motifs is 1. The number of amides is 1. The Hall–Kier alpha value is -4.73. The van der Waals surface area contributed by atoms with Gasteiger partial charge in [-0.2, -0.15) is 5.10 Å². The molecule has 172 valence electrons. The van der Waals surface area contributed by atoms with E-state index < -0.39 is 16.8 Å². The van der Waals surface area contributed by atoms with Crippen LogP contribution in [0.3, 0.4) is 0 Å². The summed E-state index contributed by atoms with van der Waals surface area (Å²) in [5.41, 5.74) is 6.91. The highest BCUT2D eigenvalue weighted by molar-refractivity contribution is 5.97. The third-order valence-corrected chi connectivity index (χ3v) is 5.47. The number of hydrazone groups is 1. The molecule has 2 aromatic carbocycles. The lowest BCUT2D eigenvalue weighted by atomic mass is 10.1. The van der Waals surface area contributed by atoms with E-state index in [9.17, 15) is 24.8 Å². The third kappa shape index (κ3) is 4.16. The zero-order chi connectivity index (χ0) is 24.6. The molecule has 34 heavy (non-hydrogen) atoms. The molecule has 2 N–H and O–H groups in total. The normalized spacial score (nSPS) is 11.3. The lowest BCUT2D eigenvalue weighted by molar-refractivity contribution is -0.384. The maximum atomic E-state index is 12.4. The average Bonchev–Trinajstić information content (AvgIpc) is 3.34. The van der Waals surface area contributed by atoms with Crippen LogP contribution in [0.5, 0.6) is 0 Å². The molecule has 0 radical (unpaired) electrons. The van der Waals surface area contributed by atoms with E-state index in [0.29, 0.717) is 11.0 Å². The number of nitro benzene ring substituents is 1. The molecule has 4 rings (SSSR count). The van der Waals surface area contributed by atoms with Crippen molar-refractivity contribution in [2.45, 2.75) is 20.8 Å². The molecule has 2 aromatic heterocycles. The maximum absolute atomic E-state index is 12.4. The Morgan fingerprint density at radius 3 is 2.59 bits per heavy atom. The van der Waals surface area contributed by atoms with Crippen LogP contribution in [0.25, 0.3) is 16.7 Å². The lowest BCUT2D eigenvalue weighted by Gasteiger charge is -2.13. The Balaban J connectivity index is 1.56. The van der Waals surface area contributed by atoms with Crippen LogP contribution in [0.15, 0.2) is 58.0 Å². The average molecular weight is 460 g/mol. The molecule has 10 heteroatoms. The quantitative estimate of drug-likeness (QED) is 0.246. The van der Waals surface area contributed by atoms with Gasteiger partial charge in [0.1, 0.15) is 5.58 Å². The first-order valence-electron chi connectivity index (χ1n) is 10.2. The number of aromatic nitrogens is 1. The number of nitrogens with one attached hydrogen (secondary N) is 1. The van der Waals surface area contributed by atoms with Crippen LogP contribution in [-0.4, -0.2) is 32.7 Å². The van der Waals surface area contributed by atoms with Crippen molar-refractivity contribution in [3.05, 3.63) is 92.5 Å². The number of hydrogen-bond acceptors (Lipinski definition) is 6. The fourth-order valence-corrected chi connectivity index (χ4v) is 3.74. The standard InChI is InChI=1S/C24H20N4O6/c1-13-4-5-16(24(30)31)10-20(13)27-14(2)8-18(15(27)3)12-25-26-23(29)22-11-17-9-19(28(32)33)6-7-21(17)34-22/h4-12H,1-3H3,(H,26,29)(H,30,31)/b25-12+. The van der Waals surface area contributed by atoms with Crippen molar-refractivity contribution >= 4 is 34.7 Å². The molecule has 0 aliphatic heterocycles. The minimum absolute atomic E-state index is 0.0285. The molecule has 0 unspecified atom stereocenters. The number of nitro groups is 1. The number of aryl methyl sites for hydroxylation is 2. The van der Waals surface area contributed by atoms with Crippen molar-refractivity contribution < 1.29 is 24.0 Å². The van der Waals surface area contributed by atoms with Crippen molar-refractivity contribution in [2.75, 3.05) is 0 Å². The molecule has 0 fully saturated rings. The largest absolute Gasteiger partial charge is 0.478 e. The molecule has 0 saturated carbocycles. The van der Waals surface area contributed by atoms with Crippen LogP contribution in [0.1, 0.15) is 43.4 Å². The van der Waals surface area contributed by atoms with Crippen molar-refractivity contribution in [1.82, 2.24) is 9.99 Å². The number of non-ortho nitro benzene ring substituents is 1. The summed E-state index contributed by atoms with van der Waals surface area (Å²) in [4.78, 5) is 34.2. The van der Waals surface area contributed by atoms with Gasteiger partial charge in [-0.05, 0) is 56.7 Å². The Bertz CT molecular complexity index is 1490. The van der Waals surface area contributed by atoms with Crippen molar-refractivity contribution in [2.24, 2.45) is 5.10 Å². The Morgan fingerprint density at radius 1 is 1.12 bits per heavy atom. The molecule has 0 atom stereocenters. The Kier molecular flexibility index (Phi) is 5.72. The van der Waals surface area contributed by atoms with Gasteiger partial charge in [-0.15, -0.1) is 0 Å². The predicted octanol–water partition coefficient (Wildman–Crippen LogP) is 4.52. The van der Waals surface area contributed by atoms with Crippen LogP contribution >= 0.6 is 0 Å². The molecule has 4 aromatic rings. The summed E-state index contributed by atoms with van der Waals surface area (Å²) in [6.45, 7) is 5.66.